The number of halogens is 3. The molecule has 2 rings (SSSR count). The van der Waals surface area contributed by atoms with Crippen molar-refractivity contribution < 1.29 is 4.79 Å². The number of carbonyl (C=O) groups excluding carboxylic acids is 1. The van der Waals surface area contributed by atoms with Gasteiger partial charge in [0.25, 0.3) is 0 Å². The summed E-state index contributed by atoms with van der Waals surface area (Å²) in [5.74, 6) is 0. The second-order valence-corrected chi connectivity index (χ2v) is 6.14. The number of nitrogen functional groups attached to an aromatic ring is 1. The molecule has 0 atom stereocenters. The summed E-state index contributed by atoms with van der Waals surface area (Å²) < 4.78 is 0.846. The lowest BCUT2D eigenvalue weighted by molar-refractivity contribution is 0.258. The van der Waals surface area contributed by atoms with Gasteiger partial charge in [0.15, 0.2) is 0 Å². The lowest BCUT2D eigenvalue weighted by atomic mass is 10.2. The van der Waals surface area contributed by atoms with Crippen LogP contribution in [0.15, 0.2) is 40.9 Å². The van der Waals surface area contributed by atoms with Crippen molar-refractivity contribution in [1.82, 2.24) is 0 Å². The summed E-state index contributed by atoms with van der Waals surface area (Å²) in [6, 6.07) is 9.77. The zero-order valence-corrected chi connectivity index (χ0v) is 14.1. The van der Waals surface area contributed by atoms with E-state index in [1.165, 1.54) is 4.90 Å². The van der Waals surface area contributed by atoms with E-state index in [9.17, 15) is 4.79 Å². The van der Waals surface area contributed by atoms with Crippen LogP contribution in [0.1, 0.15) is 0 Å². The van der Waals surface area contributed by atoms with E-state index in [0.29, 0.717) is 27.1 Å². The molecule has 0 fully saturated rings. The molecule has 0 saturated carbocycles. The molecule has 7 heteroatoms. The van der Waals surface area contributed by atoms with Gasteiger partial charge < -0.3 is 11.1 Å². The van der Waals surface area contributed by atoms with Crippen LogP contribution in [0.25, 0.3) is 0 Å². The first kappa shape index (κ1) is 15.9. The molecule has 0 aliphatic rings. The minimum Gasteiger partial charge on any atom is -0.397 e. The molecule has 2 aromatic rings. The van der Waals surface area contributed by atoms with Crippen molar-refractivity contribution in [3.8, 4) is 0 Å². The summed E-state index contributed by atoms with van der Waals surface area (Å²) in [7, 11) is 1.63. The maximum Gasteiger partial charge on any atom is 0.326 e. The fourth-order valence-corrected chi connectivity index (χ4v) is 2.68. The smallest absolute Gasteiger partial charge is 0.326 e. The molecule has 4 nitrogen and oxygen atoms in total. The van der Waals surface area contributed by atoms with Crippen molar-refractivity contribution >= 4 is 62.2 Å². The summed E-state index contributed by atoms with van der Waals surface area (Å²) in [6.45, 7) is 0. The van der Waals surface area contributed by atoms with Crippen LogP contribution in [0.3, 0.4) is 0 Å². The third-order valence-electron chi connectivity index (χ3n) is 2.77. The molecule has 0 aliphatic heterocycles. The maximum absolute atomic E-state index is 12.2. The fourth-order valence-electron chi connectivity index (χ4n) is 1.77. The van der Waals surface area contributed by atoms with Gasteiger partial charge in [0.05, 0.1) is 11.4 Å². The summed E-state index contributed by atoms with van der Waals surface area (Å²) in [4.78, 5) is 13.6. The van der Waals surface area contributed by atoms with E-state index in [1.807, 2.05) is 6.07 Å². The van der Waals surface area contributed by atoms with Crippen molar-refractivity contribution in [3.05, 3.63) is 50.9 Å². The standard InChI is InChI=1S/C14H12BrCl2N3O/c1-20(13-3-2-8(15)4-12(13)18)14(21)19-11-6-9(16)5-10(17)7-11/h2-7H,18H2,1H3,(H,19,21). The van der Waals surface area contributed by atoms with E-state index in [4.69, 9.17) is 28.9 Å². The van der Waals surface area contributed by atoms with E-state index in [0.717, 1.165) is 4.47 Å². The van der Waals surface area contributed by atoms with Crippen LogP contribution in [-0.2, 0) is 0 Å². The molecule has 0 aromatic heterocycles. The average molecular weight is 389 g/mol. The largest absolute Gasteiger partial charge is 0.397 e. The van der Waals surface area contributed by atoms with Crippen LogP contribution >= 0.6 is 39.1 Å². The van der Waals surface area contributed by atoms with Crippen molar-refractivity contribution in [2.75, 3.05) is 23.0 Å². The highest BCUT2D eigenvalue weighted by Gasteiger charge is 2.14. The van der Waals surface area contributed by atoms with Gasteiger partial charge in [-0.05, 0) is 36.4 Å². The Kier molecular flexibility index (Phi) is 4.98. The number of hydrogen-bond acceptors (Lipinski definition) is 2. The third-order valence-corrected chi connectivity index (χ3v) is 3.70. The first-order valence-electron chi connectivity index (χ1n) is 5.92. The van der Waals surface area contributed by atoms with Gasteiger partial charge in [0.1, 0.15) is 0 Å². The zero-order valence-electron chi connectivity index (χ0n) is 11.0. The number of rotatable bonds is 2. The monoisotopic (exact) mass is 387 g/mol. The highest BCUT2D eigenvalue weighted by atomic mass is 79.9. The van der Waals surface area contributed by atoms with E-state index < -0.39 is 0 Å². The van der Waals surface area contributed by atoms with Gasteiger partial charge in [-0.3, -0.25) is 4.90 Å². The fraction of sp³-hybridized carbons (Fsp3) is 0.0714. The lowest BCUT2D eigenvalue weighted by Gasteiger charge is -2.20. The molecule has 2 amide bonds. The van der Waals surface area contributed by atoms with Crippen molar-refractivity contribution in [2.24, 2.45) is 0 Å². The third kappa shape index (κ3) is 4.03. The van der Waals surface area contributed by atoms with E-state index in [-0.39, 0.29) is 6.03 Å². The van der Waals surface area contributed by atoms with Crippen LogP contribution in [0, 0.1) is 0 Å². The second kappa shape index (κ2) is 6.56. The zero-order chi connectivity index (χ0) is 15.6. The molecule has 21 heavy (non-hydrogen) atoms. The SMILES string of the molecule is CN(C(=O)Nc1cc(Cl)cc(Cl)c1)c1ccc(Br)cc1N. The first-order valence-corrected chi connectivity index (χ1v) is 7.47. The van der Waals surface area contributed by atoms with Crippen LogP contribution in [0.4, 0.5) is 21.9 Å². The predicted molar refractivity (Wildman–Crippen MR) is 92.4 cm³/mol. The molecule has 0 saturated heterocycles. The van der Waals surface area contributed by atoms with Crippen LogP contribution in [0.5, 0.6) is 0 Å². The molecular weight excluding hydrogens is 377 g/mol. The molecule has 0 heterocycles. The highest BCUT2D eigenvalue weighted by Crippen LogP contribution is 2.27. The summed E-state index contributed by atoms with van der Waals surface area (Å²) in [5.41, 5.74) is 7.51. The van der Waals surface area contributed by atoms with Gasteiger partial charge in [0.2, 0.25) is 0 Å². The number of nitrogens with zero attached hydrogens (tertiary/aromatic N) is 1. The number of hydrogen-bond donors (Lipinski definition) is 2. The summed E-state index contributed by atoms with van der Waals surface area (Å²) >= 11 is 15.1. The van der Waals surface area contributed by atoms with Crippen LogP contribution in [-0.4, -0.2) is 13.1 Å². The molecule has 110 valence electrons. The summed E-state index contributed by atoms with van der Waals surface area (Å²) in [6.07, 6.45) is 0. The molecule has 0 unspecified atom stereocenters. The second-order valence-electron chi connectivity index (χ2n) is 4.35. The van der Waals surface area contributed by atoms with Gasteiger partial charge in [-0.1, -0.05) is 39.1 Å². The Labute approximate surface area is 141 Å². The number of nitrogens with two attached hydrogens (primary N) is 1. The molecule has 3 N–H and O–H groups in total. The maximum atomic E-state index is 12.2. The van der Waals surface area contributed by atoms with Gasteiger partial charge >= 0.3 is 6.03 Å². The van der Waals surface area contributed by atoms with Crippen molar-refractivity contribution in [3.63, 3.8) is 0 Å². The Morgan fingerprint density at radius 3 is 2.38 bits per heavy atom. The van der Waals surface area contributed by atoms with Crippen molar-refractivity contribution in [1.29, 1.82) is 0 Å². The van der Waals surface area contributed by atoms with E-state index in [2.05, 4.69) is 21.2 Å². The van der Waals surface area contributed by atoms with Gasteiger partial charge in [0, 0.05) is 27.3 Å². The Hall–Kier alpha value is -1.43. The first-order chi connectivity index (χ1) is 9.86. The molecule has 0 radical (unpaired) electrons. The van der Waals surface area contributed by atoms with Gasteiger partial charge in [-0.25, -0.2) is 4.79 Å². The Bertz CT molecular complexity index is 674. The molecule has 0 spiro atoms. The number of benzene rings is 2. The van der Waals surface area contributed by atoms with E-state index >= 15 is 0 Å². The topological polar surface area (TPSA) is 58.4 Å². The predicted octanol–water partition coefficient (Wildman–Crippen LogP) is 5.01. The van der Waals surface area contributed by atoms with E-state index in [1.54, 1.807) is 37.4 Å². The quantitative estimate of drug-likeness (QED) is 0.710. The Morgan fingerprint density at radius 2 is 1.81 bits per heavy atom. The number of anilines is 3. The molecule has 0 aliphatic carbocycles. The van der Waals surface area contributed by atoms with Crippen LogP contribution < -0.4 is 16.0 Å². The van der Waals surface area contributed by atoms with Gasteiger partial charge in [-0.15, -0.1) is 0 Å². The number of carbonyl (C=O) groups is 1. The van der Waals surface area contributed by atoms with Crippen molar-refractivity contribution in [2.45, 2.75) is 0 Å². The normalized spacial score (nSPS) is 10.3. The highest BCUT2D eigenvalue weighted by molar-refractivity contribution is 9.10. The molecule has 0 bridgehead atoms. The number of urea groups is 1. The number of amides is 2. The summed E-state index contributed by atoms with van der Waals surface area (Å²) in [5, 5.41) is 3.61. The van der Waals surface area contributed by atoms with Crippen LogP contribution in [0.2, 0.25) is 10.0 Å². The van der Waals surface area contributed by atoms with Gasteiger partial charge in [-0.2, -0.15) is 0 Å². The molecular formula is C14H12BrCl2N3O. The molecule has 2 aromatic carbocycles. The average Bonchev–Trinajstić information content (AvgIpc) is 2.36. The number of nitrogens with one attached hydrogen (secondary N) is 1. The minimum absolute atomic E-state index is 0.345. The Balaban J connectivity index is 2.19. The Morgan fingerprint density at radius 1 is 1.19 bits per heavy atom. The lowest BCUT2D eigenvalue weighted by Crippen LogP contribution is -2.31. The minimum atomic E-state index is -0.345.